The van der Waals surface area contributed by atoms with Gasteiger partial charge in [0.1, 0.15) is 0 Å². The molecule has 1 aliphatic heterocycles. The number of nitrogens with zero attached hydrogens (tertiary/aromatic N) is 1. The first kappa shape index (κ1) is 22.1. The van der Waals surface area contributed by atoms with E-state index in [4.69, 9.17) is 23.2 Å². The van der Waals surface area contributed by atoms with Gasteiger partial charge in [0, 0.05) is 28.8 Å². The highest BCUT2D eigenvalue weighted by atomic mass is 35.5. The second-order valence-corrected chi connectivity index (χ2v) is 10.3. The molecule has 1 amide bonds. The van der Waals surface area contributed by atoms with Crippen LogP contribution in [-0.2, 0) is 14.8 Å². The lowest BCUT2D eigenvalue weighted by Gasteiger charge is -2.32. The number of carbonyl (C=O) groups is 1. The summed E-state index contributed by atoms with van der Waals surface area (Å²) in [6.45, 7) is 6.12. The minimum absolute atomic E-state index is 0.148. The highest BCUT2D eigenvalue weighted by Crippen LogP contribution is 2.30. The van der Waals surface area contributed by atoms with E-state index in [1.165, 1.54) is 4.31 Å². The van der Waals surface area contributed by atoms with E-state index in [9.17, 15) is 13.2 Å². The van der Waals surface area contributed by atoms with Crippen molar-refractivity contribution < 1.29 is 13.2 Å². The van der Waals surface area contributed by atoms with Gasteiger partial charge in [0.05, 0.1) is 10.8 Å². The molecule has 0 saturated carbocycles. The zero-order valence-corrected chi connectivity index (χ0v) is 19.0. The molecular weight excluding hydrogens is 431 g/mol. The van der Waals surface area contributed by atoms with Crippen LogP contribution in [0, 0.1) is 26.7 Å². The Morgan fingerprint density at radius 2 is 1.62 bits per heavy atom. The fraction of sp³-hybridized carbons (Fsp3) is 0.381. The average molecular weight is 455 g/mol. The summed E-state index contributed by atoms with van der Waals surface area (Å²) in [6, 6.07) is 8.55. The molecule has 0 aromatic heterocycles. The molecule has 1 aliphatic rings. The molecule has 8 heteroatoms. The van der Waals surface area contributed by atoms with Gasteiger partial charge in [-0.05, 0) is 62.9 Å². The topological polar surface area (TPSA) is 66.5 Å². The van der Waals surface area contributed by atoms with Gasteiger partial charge < -0.3 is 5.32 Å². The van der Waals surface area contributed by atoms with Gasteiger partial charge in [0.15, 0.2) is 0 Å². The van der Waals surface area contributed by atoms with Gasteiger partial charge in [-0.3, -0.25) is 4.79 Å². The molecule has 1 N–H and O–H groups in total. The van der Waals surface area contributed by atoms with Crippen LogP contribution in [0.25, 0.3) is 0 Å². The van der Waals surface area contributed by atoms with Crippen molar-refractivity contribution in [3.63, 3.8) is 0 Å². The van der Waals surface area contributed by atoms with Gasteiger partial charge >= 0.3 is 0 Å². The van der Waals surface area contributed by atoms with Crippen LogP contribution in [0.5, 0.6) is 0 Å². The van der Waals surface area contributed by atoms with Gasteiger partial charge in [-0.2, -0.15) is 4.31 Å². The normalized spacial score (nSPS) is 17.9. The van der Waals surface area contributed by atoms with E-state index in [1.54, 1.807) is 18.2 Å². The molecule has 1 saturated heterocycles. The minimum atomic E-state index is -3.68. The van der Waals surface area contributed by atoms with Crippen molar-refractivity contribution in [2.24, 2.45) is 5.92 Å². The number of piperidine rings is 1. The zero-order chi connectivity index (χ0) is 21.3. The third-order valence-electron chi connectivity index (χ3n) is 5.09. The SMILES string of the molecule is Cc1cc(C)c(S(=O)(=O)N2CCC[C@H](C(=O)Nc3cc(Cl)cc(Cl)c3)C2)c(C)c1. The summed E-state index contributed by atoms with van der Waals surface area (Å²) in [6.07, 6.45) is 1.25. The number of carbonyl (C=O) groups excluding carboxylic acids is 1. The Labute approximate surface area is 182 Å². The molecule has 0 aliphatic carbocycles. The number of hydrogen-bond donors (Lipinski definition) is 1. The molecule has 5 nitrogen and oxygen atoms in total. The van der Waals surface area contributed by atoms with Crippen LogP contribution < -0.4 is 5.32 Å². The lowest BCUT2D eigenvalue weighted by atomic mass is 9.99. The molecule has 0 unspecified atom stereocenters. The summed E-state index contributed by atoms with van der Waals surface area (Å²) in [5.41, 5.74) is 2.97. The van der Waals surface area contributed by atoms with Gasteiger partial charge in [-0.1, -0.05) is 40.9 Å². The number of rotatable bonds is 4. The second-order valence-electron chi connectivity index (χ2n) is 7.58. The lowest BCUT2D eigenvalue weighted by Crippen LogP contribution is -2.44. The van der Waals surface area contributed by atoms with E-state index >= 15 is 0 Å². The Kier molecular flexibility index (Phi) is 6.58. The van der Waals surface area contributed by atoms with Crippen molar-refractivity contribution in [2.75, 3.05) is 18.4 Å². The molecule has 1 atom stereocenters. The van der Waals surface area contributed by atoms with Crippen molar-refractivity contribution in [1.29, 1.82) is 0 Å². The number of aryl methyl sites for hydroxylation is 3. The molecule has 0 radical (unpaired) electrons. The summed E-state index contributed by atoms with van der Waals surface area (Å²) >= 11 is 12.0. The quantitative estimate of drug-likeness (QED) is 0.709. The number of amides is 1. The molecule has 29 heavy (non-hydrogen) atoms. The monoisotopic (exact) mass is 454 g/mol. The summed E-state index contributed by atoms with van der Waals surface area (Å²) in [5.74, 6) is -0.678. The van der Waals surface area contributed by atoms with Crippen LogP contribution >= 0.6 is 23.2 Å². The third kappa shape index (κ3) is 4.94. The Morgan fingerprint density at radius 1 is 1.03 bits per heavy atom. The van der Waals surface area contributed by atoms with Crippen molar-refractivity contribution in [3.8, 4) is 0 Å². The van der Waals surface area contributed by atoms with Crippen molar-refractivity contribution in [1.82, 2.24) is 4.31 Å². The van der Waals surface area contributed by atoms with Crippen molar-refractivity contribution in [3.05, 3.63) is 57.1 Å². The summed E-state index contributed by atoms with van der Waals surface area (Å²) in [5, 5.41) is 3.65. The first-order valence-corrected chi connectivity index (χ1v) is 11.6. The van der Waals surface area contributed by atoms with Gasteiger partial charge in [-0.15, -0.1) is 0 Å². The number of nitrogens with one attached hydrogen (secondary N) is 1. The van der Waals surface area contributed by atoms with Crippen molar-refractivity contribution >= 4 is 44.8 Å². The predicted octanol–water partition coefficient (Wildman–Crippen LogP) is 4.96. The van der Waals surface area contributed by atoms with Gasteiger partial charge in [0.2, 0.25) is 15.9 Å². The standard InChI is InChI=1S/C21H24Cl2N2O3S/c1-13-7-14(2)20(15(3)8-13)29(27,28)25-6-4-5-16(12-25)21(26)24-19-10-17(22)9-18(23)11-19/h7-11,16H,4-6,12H2,1-3H3,(H,24,26)/t16-/m0/s1. The second kappa shape index (κ2) is 8.64. The maximum Gasteiger partial charge on any atom is 0.243 e. The summed E-state index contributed by atoms with van der Waals surface area (Å²) in [4.78, 5) is 13.1. The number of sulfonamides is 1. The maximum atomic E-state index is 13.3. The van der Waals surface area contributed by atoms with E-state index in [0.29, 0.717) is 40.0 Å². The molecule has 1 fully saturated rings. The molecule has 0 bridgehead atoms. The Morgan fingerprint density at radius 3 is 2.21 bits per heavy atom. The average Bonchev–Trinajstić information content (AvgIpc) is 2.59. The summed E-state index contributed by atoms with van der Waals surface area (Å²) < 4.78 is 28.1. The molecule has 3 rings (SSSR count). The summed E-state index contributed by atoms with van der Waals surface area (Å²) in [7, 11) is -3.68. The van der Waals surface area contributed by atoms with Gasteiger partial charge in [-0.25, -0.2) is 8.42 Å². The number of halogens is 2. The molecule has 2 aromatic carbocycles. The lowest BCUT2D eigenvalue weighted by molar-refractivity contribution is -0.120. The molecule has 156 valence electrons. The Hall–Kier alpha value is -1.60. The predicted molar refractivity (Wildman–Crippen MR) is 117 cm³/mol. The van der Waals surface area contributed by atoms with Gasteiger partial charge in [0.25, 0.3) is 0 Å². The minimum Gasteiger partial charge on any atom is -0.326 e. The van der Waals surface area contributed by atoms with Crippen LogP contribution in [0.2, 0.25) is 10.0 Å². The first-order chi connectivity index (χ1) is 13.6. The van der Waals surface area contributed by atoms with E-state index in [0.717, 1.165) is 16.7 Å². The number of hydrogen-bond acceptors (Lipinski definition) is 3. The molecule has 1 heterocycles. The van der Waals surface area contributed by atoms with Crippen molar-refractivity contribution in [2.45, 2.75) is 38.5 Å². The molecular formula is C21H24Cl2N2O3S. The fourth-order valence-electron chi connectivity index (χ4n) is 3.95. The Bertz CT molecular complexity index is 1010. The van der Waals surface area contributed by atoms with Crippen LogP contribution in [0.1, 0.15) is 29.5 Å². The molecule has 0 spiro atoms. The third-order valence-corrected chi connectivity index (χ3v) is 7.70. The zero-order valence-electron chi connectivity index (χ0n) is 16.6. The van der Waals surface area contributed by atoms with Crippen LogP contribution in [0.4, 0.5) is 5.69 Å². The van der Waals surface area contributed by atoms with Crippen LogP contribution in [0.15, 0.2) is 35.2 Å². The maximum absolute atomic E-state index is 13.3. The van der Waals surface area contributed by atoms with Crippen LogP contribution in [0.3, 0.4) is 0 Å². The highest BCUT2D eigenvalue weighted by Gasteiger charge is 2.34. The Balaban J connectivity index is 1.80. The van der Waals surface area contributed by atoms with E-state index in [2.05, 4.69) is 5.32 Å². The highest BCUT2D eigenvalue weighted by molar-refractivity contribution is 7.89. The van der Waals surface area contributed by atoms with E-state index in [-0.39, 0.29) is 12.5 Å². The number of benzene rings is 2. The smallest absolute Gasteiger partial charge is 0.243 e. The van der Waals surface area contributed by atoms with E-state index in [1.807, 2.05) is 32.9 Å². The largest absolute Gasteiger partial charge is 0.326 e. The van der Waals surface area contributed by atoms with Crippen LogP contribution in [-0.4, -0.2) is 31.7 Å². The fourth-order valence-corrected chi connectivity index (χ4v) is 6.41. The molecule has 2 aromatic rings. The van der Waals surface area contributed by atoms with E-state index < -0.39 is 15.9 Å². The number of anilines is 1. The first-order valence-electron chi connectivity index (χ1n) is 9.43.